The number of carbonyl (C=O) groups is 7. The van der Waals surface area contributed by atoms with E-state index in [-0.39, 0.29) is 36.8 Å². The van der Waals surface area contributed by atoms with Crippen LogP contribution in [0.5, 0.6) is 0 Å². The maximum absolute atomic E-state index is 14.1. The number of benzene rings is 2. The summed E-state index contributed by atoms with van der Waals surface area (Å²) in [4.78, 5) is 112. The van der Waals surface area contributed by atoms with Crippen molar-refractivity contribution < 1.29 is 47.9 Å². The number of thioether (sulfide) groups is 3. The Morgan fingerprint density at radius 1 is 1.00 bits per heavy atom. The van der Waals surface area contributed by atoms with Crippen molar-refractivity contribution in [3.05, 3.63) is 48.0 Å². The van der Waals surface area contributed by atoms with E-state index in [2.05, 4.69) is 16.0 Å². The summed E-state index contributed by atoms with van der Waals surface area (Å²) in [6, 6.07) is 8.28. The Bertz CT molecular complexity index is 1780. The summed E-state index contributed by atoms with van der Waals surface area (Å²) < 4.78 is 11.6. The minimum Gasteiger partial charge on any atom is -0.369 e. The van der Waals surface area contributed by atoms with Crippen LogP contribution in [0.1, 0.15) is 30.7 Å². The molecule has 0 aliphatic carbocycles. The zero-order valence-electron chi connectivity index (χ0n) is 27.1. The Morgan fingerprint density at radius 3 is 2.43 bits per heavy atom. The van der Waals surface area contributed by atoms with Crippen LogP contribution in [0.3, 0.4) is 0 Å². The third-order valence-electron chi connectivity index (χ3n) is 8.63. The van der Waals surface area contributed by atoms with Gasteiger partial charge in [-0.2, -0.15) is 0 Å². The normalized spacial score (nSPS) is 22.0. The van der Waals surface area contributed by atoms with Crippen LogP contribution in [0.15, 0.2) is 42.5 Å². The lowest BCUT2D eigenvalue weighted by atomic mass is 9.95. The number of nitrogens with two attached hydrogens (primary N) is 1. The van der Waals surface area contributed by atoms with Crippen molar-refractivity contribution in [1.29, 1.82) is 0 Å². The van der Waals surface area contributed by atoms with Gasteiger partial charge in [0.2, 0.25) is 23.6 Å². The van der Waals surface area contributed by atoms with E-state index >= 15 is 0 Å². The Labute approximate surface area is 305 Å². The van der Waals surface area contributed by atoms with Crippen molar-refractivity contribution in [2.75, 3.05) is 35.8 Å². The van der Waals surface area contributed by atoms with Crippen LogP contribution in [-0.4, -0.2) is 120 Å². The fourth-order valence-electron chi connectivity index (χ4n) is 6.07. The molecule has 20 heteroatoms. The largest absolute Gasteiger partial charge is 0.369 e. The number of primary amides is 1. The molecule has 0 radical (unpaired) electrons. The second-order valence-corrected chi connectivity index (χ2v) is 17.2. The number of imide groups is 1. The van der Waals surface area contributed by atoms with Crippen molar-refractivity contribution in [2.45, 2.75) is 49.3 Å². The first kappa shape index (κ1) is 38.6. The second-order valence-electron chi connectivity index (χ2n) is 12.2. The third-order valence-corrected chi connectivity index (χ3v) is 13.1. The van der Waals surface area contributed by atoms with Gasteiger partial charge in [0.25, 0.3) is 16.4 Å². The van der Waals surface area contributed by atoms with Crippen LogP contribution in [0.25, 0.3) is 10.8 Å². The number of carbonyl (C=O) groups excluding carboxylic acids is 7. The van der Waals surface area contributed by atoms with Gasteiger partial charge in [-0.05, 0) is 35.6 Å². The lowest BCUT2D eigenvalue weighted by Crippen LogP contribution is -2.61. The predicted molar refractivity (Wildman–Crippen MR) is 193 cm³/mol. The fourth-order valence-corrected chi connectivity index (χ4v) is 9.63. The molecule has 0 saturated carbocycles. The van der Waals surface area contributed by atoms with Crippen molar-refractivity contribution in [1.82, 2.24) is 25.8 Å². The molecule has 2 aromatic carbocycles. The Hall–Kier alpha value is -3.61. The molecule has 5 rings (SSSR count). The quantitative estimate of drug-likeness (QED) is 0.157. The molecule has 3 aliphatic rings. The van der Waals surface area contributed by atoms with Gasteiger partial charge in [0.15, 0.2) is 0 Å². The van der Waals surface area contributed by atoms with E-state index in [0.717, 1.165) is 51.0 Å². The third kappa shape index (κ3) is 9.64. The van der Waals surface area contributed by atoms with E-state index in [1.807, 2.05) is 36.4 Å². The standard InChI is InChI=1S/C31H37N6O10PS3/c32-25(38)20(19-9-8-17-5-1-2-6-18(17)11-19)12-33-26(39)23-7-3-4-10-36(23)28(41)21(13-49-16-48(45,46)47)34-27(40)24-15-51-31(44)37(24)29(42)22-14-50-30(43)35-22/h1-2,5-6,8-9,11,20-24H,3-4,7,10,12-16H2,(H2,32,38)(H,33,39)(H,34,40)(H,35,43)(H2,45,46,47). The lowest BCUT2D eigenvalue weighted by Gasteiger charge is -2.37. The number of amides is 7. The van der Waals surface area contributed by atoms with E-state index < -0.39 is 83.2 Å². The van der Waals surface area contributed by atoms with Crippen molar-refractivity contribution in [3.63, 3.8) is 0 Å². The first-order valence-corrected chi connectivity index (χ1v) is 20.9. The number of hydrogen-bond donors (Lipinski definition) is 6. The van der Waals surface area contributed by atoms with E-state index in [9.17, 15) is 47.9 Å². The van der Waals surface area contributed by atoms with E-state index in [4.69, 9.17) is 5.73 Å². The first-order chi connectivity index (χ1) is 24.2. The van der Waals surface area contributed by atoms with Crippen molar-refractivity contribution >= 4 is 93.7 Å². The Balaban J connectivity index is 1.30. The SMILES string of the molecule is NC(=O)C(CNC(=O)C1CCCCN1C(=O)C(CSCP(=O)(O)O)NC(=O)C1CSC(=O)N1C(=O)C1CSC(=O)N1)c1ccc2ccccc2c1. The number of nitrogens with one attached hydrogen (secondary N) is 3. The van der Waals surface area contributed by atoms with E-state index in [1.54, 1.807) is 6.07 Å². The summed E-state index contributed by atoms with van der Waals surface area (Å²) >= 11 is 2.31. The smallest absolute Gasteiger partial charge is 0.335 e. The van der Waals surface area contributed by atoms with Crippen LogP contribution >= 0.6 is 42.9 Å². The number of fused-ring (bicyclic) bond motifs is 1. The van der Waals surface area contributed by atoms with E-state index in [1.165, 1.54) is 4.90 Å². The molecule has 16 nitrogen and oxygen atoms in total. The highest BCUT2D eigenvalue weighted by atomic mass is 32.2. The van der Waals surface area contributed by atoms with Crippen LogP contribution in [0.4, 0.5) is 9.59 Å². The molecule has 0 bridgehead atoms. The Morgan fingerprint density at radius 2 is 1.75 bits per heavy atom. The number of likely N-dealkylation sites (tertiary alicyclic amines) is 1. The lowest BCUT2D eigenvalue weighted by molar-refractivity contribution is -0.145. The number of nitrogens with zero attached hydrogens (tertiary/aromatic N) is 2. The molecular formula is C31H37N6O10PS3. The van der Waals surface area contributed by atoms with Crippen LogP contribution < -0.4 is 21.7 Å². The highest BCUT2D eigenvalue weighted by Gasteiger charge is 2.46. The molecular weight excluding hydrogens is 744 g/mol. The van der Waals surface area contributed by atoms with Crippen LogP contribution in [0, 0.1) is 0 Å². The minimum atomic E-state index is -4.50. The molecule has 0 spiro atoms. The monoisotopic (exact) mass is 780 g/mol. The molecule has 7 amide bonds. The van der Waals surface area contributed by atoms with Crippen LogP contribution in [0.2, 0.25) is 0 Å². The van der Waals surface area contributed by atoms with E-state index in [0.29, 0.717) is 18.4 Å². The molecule has 2 aromatic rings. The molecule has 5 atom stereocenters. The summed E-state index contributed by atoms with van der Waals surface area (Å²) in [6.07, 6.45) is 1.41. The van der Waals surface area contributed by atoms with Gasteiger partial charge in [-0.15, -0.1) is 11.8 Å². The van der Waals surface area contributed by atoms with Crippen LogP contribution in [-0.2, 0) is 28.5 Å². The second kappa shape index (κ2) is 16.8. The van der Waals surface area contributed by atoms with Gasteiger partial charge in [-0.3, -0.25) is 43.0 Å². The van der Waals surface area contributed by atoms with Gasteiger partial charge in [0, 0.05) is 30.3 Å². The molecule has 3 aliphatic heterocycles. The zero-order valence-corrected chi connectivity index (χ0v) is 30.4. The fraction of sp³-hybridized carbons (Fsp3) is 0.452. The maximum atomic E-state index is 14.1. The molecule has 7 N–H and O–H groups in total. The molecule has 0 aromatic heterocycles. The number of rotatable bonds is 13. The molecule has 5 unspecified atom stereocenters. The molecule has 274 valence electrons. The number of piperidine rings is 1. The summed E-state index contributed by atoms with van der Waals surface area (Å²) in [5.74, 6) is -4.73. The van der Waals surface area contributed by atoms with Crippen molar-refractivity contribution in [2.24, 2.45) is 5.73 Å². The highest BCUT2D eigenvalue weighted by Crippen LogP contribution is 2.39. The predicted octanol–water partition coefficient (Wildman–Crippen LogP) is 1.15. The molecule has 51 heavy (non-hydrogen) atoms. The molecule has 3 fully saturated rings. The highest BCUT2D eigenvalue weighted by molar-refractivity contribution is 8.14. The van der Waals surface area contributed by atoms with Gasteiger partial charge in [0.1, 0.15) is 24.2 Å². The Kier molecular flexibility index (Phi) is 12.7. The topological polar surface area (TPSA) is 246 Å². The average Bonchev–Trinajstić information content (AvgIpc) is 3.71. The van der Waals surface area contributed by atoms with Crippen molar-refractivity contribution in [3.8, 4) is 0 Å². The van der Waals surface area contributed by atoms with Gasteiger partial charge in [0.05, 0.1) is 11.4 Å². The molecule has 3 saturated heterocycles. The van der Waals surface area contributed by atoms with Gasteiger partial charge >= 0.3 is 7.60 Å². The average molecular weight is 781 g/mol. The zero-order chi connectivity index (χ0) is 36.9. The first-order valence-electron chi connectivity index (χ1n) is 16.0. The summed E-state index contributed by atoms with van der Waals surface area (Å²) in [7, 11) is -4.50. The number of hydrogen-bond acceptors (Lipinski definition) is 11. The minimum absolute atomic E-state index is 0.0709. The van der Waals surface area contributed by atoms with Gasteiger partial charge < -0.3 is 36.4 Å². The maximum Gasteiger partial charge on any atom is 0.335 e. The molecule has 3 heterocycles. The van der Waals surface area contributed by atoms with Gasteiger partial charge in [-0.1, -0.05) is 66.0 Å². The van der Waals surface area contributed by atoms with Gasteiger partial charge in [-0.25, -0.2) is 0 Å². The summed E-state index contributed by atoms with van der Waals surface area (Å²) in [6.45, 7) is -0.00166. The summed E-state index contributed by atoms with van der Waals surface area (Å²) in [5, 5.41) is 8.47. The summed E-state index contributed by atoms with van der Waals surface area (Å²) in [5.41, 5.74) is 5.68.